The number of nitrogens with one attached hydrogen (secondary N) is 2. The molecule has 0 radical (unpaired) electrons. The lowest BCUT2D eigenvalue weighted by Crippen LogP contribution is -2.57. The minimum absolute atomic E-state index is 0.137. The van der Waals surface area contributed by atoms with Crippen LogP contribution in [0.1, 0.15) is 60.3 Å². The van der Waals surface area contributed by atoms with E-state index in [9.17, 15) is 19.2 Å². The first-order valence-corrected chi connectivity index (χ1v) is 9.76. The number of carbonyl (C=O) groups is 4. The van der Waals surface area contributed by atoms with Crippen molar-refractivity contribution in [2.24, 2.45) is 11.7 Å². The molecule has 1 fully saturated rings. The van der Waals surface area contributed by atoms with E-state index < -0.39 is 41.5 Å². The number of piperidine rings is 1. The zero-order chi connectivity index (χ0) is 21.5. The summed E-state index contributed by atoms with van der Waals surface area (Å²) in [6.45, 7) is 9.29. The molecule has 0 aliphatic carbocycles. The standard InChI is InChI=1S/C19H34N4O5/c1-12(2)10-13(16(25)21-11-15(20)24)22-17(26)14-8-6-7-9-23(14)18(27)28-19(3,4)5/h12-14H,6-11H2,1-5H3,(H2,20,24)(H,21,25)(H,22,26)/t13-,14?/m0/s1. The fraction of sp³-hybridized carbons (Fsp3) is 0.789. The van der Waals surface area contributed by atoms with Gasteiger partial charge in [0.25, 0.3) is 0 Å². The van der Waals surface area contributed by atoms with Crippen LogP contribution in [0, 0.1) is 5.92 Å². The van der Waals surface area contributed by atoms with Crippen LogP contribution in [0.3, 0.4) is 0 Å². The topological polar surface area (TPSA) is 131 Å². The summed E-state index contributed by atoms with van der Waals surface area (Å²) in [4.78, 5) is 50.1. The Bertz CT molecular complexity index is 585. The molecule has 1 unspecified atom stereocenters. The summed E-state index contributed by atoms with van der Waals surface area (Å²) in [5, 5.41) is 5.16. The molecule has 1 heterocycles. The third-order valence-electron chi connectivity index (χ3n) is 4.21. The molecule has 0 aromatic rings. The Morgan fingerprint density at radius 2 is 1.82 bits per heavy atom. The summed E-state index contributed by atoms with van der Waals surface area (Å²) in [7, 11) is 0. The van der Waals surface area contributed by atoms with Crippen molar-refractivity contribution >= 4 is 23.8 Å². The van der Waals surface area contributed by atoms with Crippen LogP contribution >= 0.6 is 0 Å². The van der Waals surface area contributed by atoms with Crippen molar-refractivity contribution < 1.29 is 23.9 Å². The van der Waals surface area contributed by atoms with E-state index in [1.54, 1.807) is 20.8 Å². The second-order valence-electron chi connectivity index (χ2n) is 8.56. The lowest BCUT2D eigenvalue weighted by Gasteiger charge is -2.36. The minimum atomic E-state index is -0.811. The lowest BCUT2D eigenvalue weighted by molar-refractivity contribution is -0.133. The van der Waals surface area contributed by atoms with Crippen molar-refractivity contribution in [1.82, 2.24) is 15.5 Å². The summed E-state index contributed by atoms with van der Waals surface area (Å²) in [5.41, 5.74) is 4.40. The van der Waals surface area contributed by atoms with Gasteiger partial charge in [-0.15, -0.1) is 0 Å². The van der Waals surface area contributed by atoms with Crippen molar-refractivity contribution in [1.29, 1.82) is 0 Å². The summed E-state index contributed by atoms with van der Waals surface area (Å²) < 4.78 is 5.42. The highest BCUT2D eigenvalue weighted by molar-refractivity contribution is 5.92. The normalized spacial score (nSPS) is 18.4. The number of nitrogens with two attached hydrogens (primary N) is 1. The molecule has 9 heteroatoms. The maximum absolute atomic E-state index is 12.9. The average Bonchev–Trinajstić information content (AvgIpc) is 2.57. The summed E-state index contributed by atoms with van der Waals surface area (Å²) in [5.74, 6) is -1.39. The molecule has 1 saturated heterocycles. The second-order valence-corrected chi connectivity index (χ2v) is 8.56. The van der Waals surface area contributed by atoms with E-state index in [0.717, 1.165) is 12.8 Å². The molecule has 4 amide bonds. The van der Waals surface area contributed by atoms with Crippen molar-refractivity contribution in [2.45, 2.75) is 78.0 Å². The van der Waals surface area contributed by atoms with E-state index in [4.69, 9.17) is 10.5 Å². The largest absolute Gasteiger partial charge is 0.444 e. The van der Waals surface area contributed by atoms with E-state index in [2.05, 4.69) is 10.6 Å². The van der Waals surface area contributed by atoms with Gasteiger partial charge in [-0.05, 0) is 52.4 Å². The van der Waals surface area contributed by atoms with Crippen molar-refractivity contribution in [3.05, 3.63) is 0 Å². The van der Waals surface area contributed by atoms with Gasteiger partial charge in [-0.2, -0.15) is 0 Å². The molecule has 28 heavy (non-hydrogen) atoms. The van der Waals surface area contributed by atoms with Crippen LogP contribution in [0.15, 0.2) is 0 Å². The number of ether oxygens (including phenoxy) is 1. The number of rotatable bonds is 7. The fourth-order valence-corrected chi connectivity index (χ4v) is 3.01. The SMILES string of the molecule is CC(C)C[C@H](NC(=O)C1CCCCN1C(=O)OC(C)(C)C)C(=O)NCC(N)=O. The Balaban J connectivity index is 2.86. The number of hydrogen-bond acceptors (Lipinski definition) is 5. The first kappa shape index (κ1) is 23.7. The Morgan fingerprint density at radius 1 is 1.18 bits per heavy atom. The maximum Gasteiger partial charge on any atom is 0.410 e. The number of primary amides is 1. The molecule has 2 atom stereocenters. The zero-order valence-electron chi connectivity index (χ0n) is 17.5. The van der Waals surface area contributed by atoms with Gasteiger partial charge >= 0.3 is 6.09 Å². The number of likely N-dealkylation sites (tertiary alicyclic amines) is 1. The van der Waals surface area contributed by atoms with Crippen LogP contribution in [0.4, 0.5) is 4.79 Å². The number of hydrogen-bond donors (Lipinski definition) is 3. The van der Waals surface area contributed by atoms with Gasteiger partial charge in [0, 0.05) is 6.54 Å². The third-order valence-corrected chi connectivity index (χ3v) is 4.21. The quantitative estimate of drug-likeness (QED) is 0.587. The van der Waals surface area contributed by atoms with Crippen molar-refractivity contribution in [3.8, 4) is 0 Å². The molecule has 160 valence electrons. The highest BCUT2D eigenvalue weighted by atomic mass is 16.6. The van der Waals surface area contributed by atoms with Crippen LogP contribution in [0.5, 0.6) is 0 Å². The van der Waals surface area contributed by atoms with Gasteiger partial charge in [-0.25, -0.2) is 4.79 Å². The first-order valence-electron chi connectivity index (χ1n) is 9.76. The maximum atomic E-state index is 12.9. The zero-order valence-corrected chi connectivity index (χ0v) is 17.5. The van der Waals surface area contributed by atoms with Crippen LogP contribution in [-0.4, -0.2) is 59.5 Å². The van der Waals surface area contributed by atoms with Crippen LogP contribution in [-0.2, 0) is 19.1 Å². The fourth-order valence-electron chi connectivity index (χ4n) is 3.01. The Kier molecular flexibility index (Phi) is 8.71. The number of nitrogens with zero attached hydrogens (tertiary/aromatic N) is 1. The van der Waals surface area contributed by atoms with Gasteiger partial charge in [0.05, 0.1) is 6.54 Å². The summed E-state index contributed by atoms with van der Waals surface area (Å²) >= 11 is 0. The highest BCUT2D eigenvalue weighted by Gasteiger charge is 2.36. The molecule has 1 rings (SSSR count). The van der Waals surface area contributed by atoms with Crippen LogP contribution < -0.4 is 16.4 Å². The predicted octanol–water partition coefficient (Wildman–Crippen LogP) is 0.908. The number of amides is 4. The second kappa shape index (κ2) is 10.3. The van der Waals surface area contributed by atoms with Crippen LogP contribution in [0.25, 0.3) is 0 Å². The molecule has 0 bridgehead atoms. The smallest absolute Gasteiger partial charge is 0.410 e. The van der Waals surface area contributed by atoms with E-state index in [1.165, 1.54) is 4.90 Å². The predicted molar refractivity (Wildman–Crippen MR) is 104 cm³/mol. The van der Waals surface area contributed by atoms with E-state index >= 15 is 0 Å². The average molecular weight is 399 g/mol. The van der Waals surface area contributed by atoms with Gasteiger partial charge in [0.15, 0.2) is 0 Å². The van der Waals surface area contributed by atoms with E-state index in [1.807, 2.05) is 13.8 Å². The molecule has 1 aliphatic rings. The molecule has 0 spiro atoms. The van der Waals surface area contributed by atoms with Gasteiger partial charge in [0.1, 0.15) is 17.7 Å². The van der Waals surface area contributed by atoms with Crippen molar-refractivity contribution in [2.75, 3.05) is 13.1 Å². The molecule has 1 aliphatic heterocycles. The Hall–Kier alpha value is -2.32. The monoisotopic (exact) mass is 398 g/mol. The van der Waals surface area contributed by atoms with Gasteiger partial charge < -0.3 is 21.1 Å². The van der Waals surface area contributed by atoms with Gasteiger partial charge in [0.2, 0.25) is 17.7 Å². The highest BCUT2D eigenvalue weighted by Crippen LogP contribution is 2.21. The van der Waals surface area contributed by atoms with Gasteiger partial charge in [-0.3, -0.25) is 19.3 Å². The minimum Gasteiger partial charge on any atom is -0.444 e. The van der Waals surface area contributed by atoms with Gasteiger partial charge in [-0.1, -0.05) is 13.8 Å². The van der Waals surface area contributed by atoms with Crippen LogP contribution in [0.2, 0.25) is 0 Å². The Labute approximate surface area is 166 Å². The molecular weight excluding hydrogens is 364 g/mol. The van der Waals surface area contributed by atoms with E-state index in [-0.39, 0.29) is 12.5 Å². The molecule has 0 aromatic heterocycles. The van der Waals surface area contributed by atoms with E-state index in [0.29, 0.717) is 19.4 Å². The summed E-state index contributed by atoms with van der Waals surface area (Å²) in [6.07, 6.45) is 1.96. The third kappa shape index (κ3) is 8.14. The Morgan fingerprint density at radius 3 is 2.36 bits per heavy atom. The molecule has 0 aromatic carbocycles. The summed E-state index contributed by atoms with van der Waals surface area (Å²) in [6, 6.07) is -1.50. The molecule has 0 saturated carbocycles. The lowest BCUT2D eigenvalue weighted by atomic mass is 9.99. The molecular formula is C19H34N4O5. The molecule has 4 N–H and O–H groups in total. The number of carbonyl (C=O) groups excluding carboxylic acids is 4. The first-order chi connectivity index (χ1) is 12.9. The van der Waals surface area contributed by atoms with Crippen molar-refractivity contribution in [3.63, 3.8) is 0 Å². The molecule has 9 nitrogen and oxygen atoms in total.